The molecule has 1 aromatic carbocycles. The van der Waals surface area contributed by atoms with E-state index in [-0.39, 0.29) is 6.04 Å². The minimum Gasteiger partial charge on any atom is -0.426 e. The Kier molecular flexibility index (Phi) is 3.15. The van der Waals surface area contributed by atoms with Crippen molar-refractivity contribution in [3.05, 3.63) is 41.9 Å². The van der Waals surface area contributed by atoms with Crippen LogP contribution in [-0.4, -0.2) is 11.0 Å². The maximum Gasteiger partial charge on any atom is 0.239 e. The molecule has 0 aliphatic rings. The van der Waals surface area contributed by atoms with E-state index in [1.807, 2.05) is 35.2 Å². The van der Waals surface area contributed by atoms with Crippen LogP contribution in [0.2, 0.25) is 5.15 Å². The third-order valence-corrected chi connectivity index (χ3v) is 2.54. The Labute approximate surface area is 99.7 Å². The maximum absolute atomic E-state index is 5.98. The molecule has 0 aliphatic heterocycles. The molecule has 0 fully saturated rings. The molecule has 4 heteroatoms. The van der Waals surface area contributed by atoms with E-state index in [1.165, 1.54) is 6.39 Å². The average Bonchev–Trinajstić information content (AvgIpc) is 2.66. The Hall–Kier alpha value is -1.48. The van der Waals surface area contributed by atoms with E-state index >= 15 is 0 Å². The number of benzene rings is 1. The highest BCUT2D eigenvalue weighted by Gasteiger charge is 2.19. The number of hydrogen-bond donors (Lipinski definition) is 0. The first-order chi connectivity index (χ1) is 7.70. The molecule has 2 aromatic rings. The normalized spacial score (nSPS) is 10.8. The second-order valence-corrected chi connectivity index (χ2v) is 4.11. The molecule has 0 N–H and O–H groups in total. The molecule has 0 aliphatic carbocycles. The molecule has 0 atom stereocenters. The molecule has 0 unspecified atom stereocenters. The second-order valence-electron chi connectivity index (χ2n) is 3.75. The van der Waals surface area contributed by atoms with E-state index in [9.17, 15) is 0 Å². The quantitative estimate of drug-likeness (QED) is 0.810. The van der Waals surface area contributed by atoms with Gasteiger partial charge in [-0.2, -0.15) is 0 Å². The number of para-hydroxylation sites is 1. The highest BCUT2D eigenvalue weighted by atomic mass is 35.5. The van der Waals surface area contributed by atoms with E-state index in [4.69, 9.17) is 16.0 Å². The average molecular weight is 237 g/mol. The number of halogens is 1. The van der Waals surface area contributed by atoms with Gasteiger partial charge in [-0.1, -0.05) is 29.8 Å². The maximum atomic E-state index is 5.98. The highest BCUT2D eigenvalue weighted by molar-refractivity contribution is 6.31. The van der Waals surface area contributed by atoms with Gasteiger partial charge in [0.15, 0.2) is 11.5 Å². The van der Waals surface area contributed by atoms with Gasteiger partial charge in [0.2, 0.25) is 5.88 Å². The summed E-state index contributed by atoms with van der Waals surface area (Å²) < 4.78 is 5.33. The number of oxazole rings is 1. The lowest BCUT2D eigenvalue weighted by Crippen LogP contribution is -2.25. The Morgan fingerprint density at radius 3 is 2.44 bits per heavy atom. The zero-order valence-corrected chi connectivity index (χ0v) is 9.98. The molecule has 16 heavy (non-hydrogen) atoms. The molecular weight excluding hydrogens is 224 g/mol. The van der Waals surface area contributed by atoms with Crippen molar-refractivity contribution in [2.45, 2.75) is 19.9 Å². The summed E-state index contributed by atoms with van der Waals surface area (Å²) in [6.07, 6.45) is 1.36. The largest absolute Gasteiger partial charge is 0.426 e. The molecule has 0 saturated carbocycles. The molecule has 84 valence electrons. The summed E-state index contributed by atoms with van der Waals surface area (Å²) in [5.74, 6) is 0.586. The molecule has 2 rings (SSSR count). The van der Waals surface area contributed by atoms with Crippen LogP contribution in [0.1, 0.15) is 13.8 Å². The van der Waals surface area contributed by atoms with Crippen LogP contribution < -0.4 is 4.90 Å². The molecule has 1 heterocycles. The molecule has 0 bridgehead atoms. The van der Waals surface area contributed by atoms with Gasteiger partial charge >= 0.3 is 0 Å². The first kappa shape index (κ1) is 11.0. The summed E-state index contributed by atoms with van der Waals surface area (Å²) in [4.78, 5) is 5.91. The van der Waals surface area contributed by atoms with Crippen LogP contribution in [0, 0.1) is 0 Å². The second kappa shape index (κ2) is 4.58. The number of hydrogen-bond acceptors (Lipinski definition) is 3. The van der Waals surface area contributed by atoms with Gasteiger partial charge in [0, 0.05) is 11.7 Å². The number of anilines is 2. The Morgan fingerprint density at radius 1 is 1.25 bits per heavy atom. The van der Waals surface area contributed by atoms with Gasteiger partial charge in [0.25, 0.3) is 0 Å². The van der Waals surface area contributed by atoms with E-state index < -0.39 is 0 Å². The Bertz CT molecular complexity index is 453. The van der Waals surface area contributed by atoms with E-state index in [0.29, 0.717) is 11.0 Å². The molecule has 0 amide bonds. The van der Waals surface area contributed by atoms with Crippen LogP contribution in [0.4, 0.5) is 11.6 Å². The summed E-state index contributed by atoms with van der Waals surface area (Å²) in [5.41, 5.74) is 1.04. The standard InChI is InChI=1S/C12H13ClN2O/c1-9(2)15(10-6-4-3-5-7-10)12-11(13)14-8-16-12/h3-9H,1-2H3. The van der Waals surface area contributed by atoms with Crippen molar-refractivity contribution in [2.24, 2.45) is 0 Å². The first-order valence-corrected chi connectivity index (χ1v) is 5.51. The van der Waals surface area contributed by atoms with E-state index in [1.54, 1.807) is 0 Å². The highest BCUT2D eigenvalue weighted by Crippen LogP contribution is 2.32. The number of rotatable bonds is 3. The van der Waals surface area contributed by atoms with Crippen molar-refractivity contribution in [1.82, 2.24) is 4.98 Å². The van der Waals surface area contributed by atoms with E-state index in [2.05, 4.69) is 18.8 Å². The van der Waals surface area contributed by atoms with Crippen molar-refractivity contribution < 1.29 is 4.42 Å². The van der Waals surface area contributed by atoms with Crippen molar-refractivity contribution in [1.29, 1.82) is 0 Å². The molecule has 1 aromatic heterocycles. The first-order valence-electron chi connectivity index (χ1n) is 5.13. The van der Waals surface area contributed by atoms with Crippen molar-refractivity contribution in [3.63, 3.8) is 0 Å². The van der Waals surface area contributed by atoms with Gasteiger partial charge < -0.3 is 9.32 Å². The lowest BCUT2D eigenvalue weighted by molar-refractivity contribution is 0.542. The Balaban J connectivity index is 2.43. The lowest BCUT2D eigenvalue weighted by atomic mass is 10.2. The smallest absolute Gasteiger partial charge is 0.239 e. The van der Waals surface area contributed by atoms with Gasteiger partial charge in [-0.05, 0) is 26.0 Å². The van der Waals surface area contributed by atoms with Gasteiger partial charge in [0.05, 0.1) is 0 Å². The van der Waals surface area contributed by atoms with Crippen molar-refractivity contribution >= 4 is 23.2 Å². The van der Waals surface area contributed by atoms with Crippen molar-refractivity contribution in [2.75, 3.05) is 4.90 Å². The molecule has 3 nitrogen and oxygen atoms in total. The predicted octanol–water partition coefficient (Wildman–Crippen LogP) is 3.87. The van der Waals surface area contributed by atoms with Gasteiger partial charge in [-0.15, -0.1) is 0 Å². The van der Waals surface area contributed by atoms with Crippen LogP contribution in [0.3, 0.4) is 0 Å². The minimum absolute atomic E-state index is 0.243. The number of nitrogens with zero attached hydrogens (tertiary/aromatic N) is 2. The monoisotopic (exact) mass is 236 g/mol. The fraction of sp³-hybridized carbons (Fsp3) is 0.250. The fourth-order valence-electron chi connectivity index (χ4n) is 1.62. The zero-order valence-electron chi connectivity index (χ0n) is 9.22. The Morgan fingerprint density at radius 2 is 1.94 bits per heavy atom. The predicted molar refractivity (Wildman–Crippen MR) is 65.2 cm³/mol. The molecule has 0 spiro atoms. The van der Waals surface area contributed by atoms with Crippen LogP contribution in [0.15, 0.2) is 41.1 Å². The van der Waals surface area contributed by atoms with Crippen LogP contribution in [0.25, 0.3) is 0 Å². The van der Waals surface area contributed by atoms with Crippen LogP contribution in [0.5, 0.6) is 0 Å². The summed E-state index contributed by atoms with van der Waals surface area (Å²) in [5, 5.41) is 0.387. The SMILES string of the molecule is CC(C)N(c1ccccc1)c1ocnc1Cl. The summed E-state index contributed by atoms with van der Waals surface area (Å²) in [6, 6.07) is 10.2. The minimum atomic E-state index is 0.243. The topological polar surface area (TPSA) is 29.3 Å². The summed E-state index contributed by atoms with van der Waals surface area (Å²) in [7, 11) is 0. The third kappa shape index (κ3) is 2.04. The zero-order chi connectivity index (χ0) is 11.5. The van der Waals surface area contributed by atoms with Crippen molar-refractivity contribution in [3.8, 4) is 0 Å². The molecule has 0 saturated heterocycles. The lowest BCUT2D eigenvalue weighted by Gasteiger charge is -2.26. The molecule has 0 radical (unpaired) electrons. The summed E-state index contributed by atoms with van der Waals surface area (Å²) in [6.45, 7) is 4.15. The number of aromatic nitrogens is 1. The van der Waals surface area contributed by atoms with Gasteiger partial charge in [-0.25, -0.2) is 4.98 Å². The van der Waals surface area contributed by atoms with Gasteiger partial charge in [0.1, 0.15) is 0 Å². The summed E-state index contributed by atoms with van der Waals surface area (Å²) >= 11 is 5.98. The van der Waals surface area contributed by atoms with E-state index in [0.717, 1.165) is 5.69 Å². The fourth-order valence-corrected chi connectivity index (χ4v) is 1.80. The van der Waals surface area contributed by atoms with Gasteiger partial charge in [-0.3, -0.25) is 0 Å². The molecular formula is C12H13ClN2O. The third-order valence-electron chi connectivity index (χ3n) is 2.28. The van der Waals surface area contributed by atoms with Crippen LogP contribution in [-0.2, 0) is 0 Å². The van der Waals surface area contributed by atoms with Crippen LogP contribution >= 0.6 is 11.6 Å².